The predicted octanol–water partition coefficient (Wildman–Crippen LogP) is 4.46. The van der Waals surface area contributed by atoms with Crippen LogP contribution in [0.5, 0.6) is 0 Å². The molecule has 0 heterocycles. The van der Waals surface area contributed by atoms with E-state index in [0.717, 1.165) is 0 Å². The van der Waals surface area contributed by atoms with E-state index in [4.69, 9.17) is 20.6 Å². The Morgan fingerprint density at radius 1 is 1.19 bits per heavy atom. The Morgan fingerprint density at radius 3 is 2.24 bits per heavy atom. The van der Waals surface area contributed by atoms with E-state index in [1.807, 2.05) is 0 Å². The van der Waals surface area contributed by atoms with Crippen molar-refractivity contribution in [2.75, 3.05) is 13.2 Å². The van der Waals surface area contributed by atoms with Crippen LogP contribution in [0, 0.1) is 11.5 Å². The summed E-state index contributed by atoms with van der Waals surface area (Å²) in [6.45, 7) is 10.6. The fraction of sp³-hybridized carbons (Fsp3) is 0.467. The third-order valence-corrected chi connectivity index (χ3v) is 5.69. The molecule has 0 bridgehead atoms. The molecule has 0 aliphatic carbocycles. The van der Waals surface area contributed by atoms with Gasteiger partial charge in [-0.05, 0) is 32.0 Å². The Hall–Kier alpha value is -0.563. The second kappa shape index (κ2) is 7.62. The van der Waals surface area contributed by atoms with Gasteiger partial charge in [0.2, 0.25) is 0 Å². The molecular formula is C15H22ClO3PSi. The van der Waals surface area contributed by atoms with Gasteiger partial charge in [0.1, 0.15) is 8.07 Å². The molecule has 0 aromatic heterocycles. The quantitative estimate of drug-likeness (QED) is 0.449. The average Bonchev–Trinajstić information content (AvgIpc) is 2.37. The molecular weight excluding hydrogens is 323 g/mol. The molecule has 6 heteroatoms. The van der Waals surface area contributed by atoms with E-state index >= 15 is 0 Å². The third kappa shape index (κ3) is 5.62. The van der Waals surface area contributed by atoms with Crippen LogP contribution in [0.25, 0.3) is 0 Å². The first kappa shape index (κ1) is 18.5. The van der Waals surface area contributed by atoms with Crippen LogP contribution in [0.4, 0.5) is 0 Å². The third-order valence-electron chi connectivity index (χ3n) is 2.43. The van der Waals surface area contributed by atoms with Gasteiger partial charge in [-0.3, -0.25) is 4.57 Å². The van der Waals surface area contributed by atoms with Crippen LogP contribution in [-0.2, 0) is 13.6 Å². The molecule has 21 heavy (non-hydrogen) atoms. The highest BCUT2D eigenvalue weighted by Crippen LogP contribution is 2.48. The van der Waals surface area contributed by atoms with Crippen molar-refractivity contribution >= 4 is 32.6 Å². The van der Waals surface area contributed by atoms with Gasteiger partial charge >= 0.3 is 7.60 Å². The van der Waals surface area contributed by atoms with Crippen molar-refractivity contribution in [1.82, 2.24) is 0 Å². The standard InChI is InChI=1S/C15H22ClO3PSi/c1-6-18-20(17,19-7-2)15-12-14(16)9-8-13(15)10-11-21(3,4)5/h8-9,12H,6-7H2,1-5H3. The molecule has 0 aliphatic heterocycles. The SMILES string of the molecule is CCOP(=O)(OCC)c1cc(Cl)ccc1C#C[Si](C)(C)C. The number of halogens is 1. The lowest BCUT2D eigenvalue weighted by molar-refractivity contribution is 0.230. The largest absolute Gasteiger partial charge is 0.362 e. The second-order valence-electron chi connectivity index (χ2n) is 5.49. The van der Waals surface area contributed by atoms with Gasteiger partial charge in [-0.25, -0.2) is 0 Å². The van der Waals surface area contributed by atoms with Gasteiger partial charge in [-0.1, -0.05) is 37.2 Å². The number of hydrogen-bond acceptors (Lipinski definition) is 3. The highest BCUT2D eigenvalue weighted by Gasteiger charge is 2.29. The molecule has 1 aromatic rings. The molecule has 0 N–H and O–H groups in total. The van der Waals surface area contributed by atoms with Crippen LogP contribution < -0.4 is 5.30 Å². The van der Waals surface area contributed by atoms with Crippen molar-refractivity contribution in [3.63, 3.8) is 0 Å². The van der Waals surface area contributed by atoms with E-state index in [9.17, 15) is 4.57 Å². The van der Waals surface area contributed by atoms with Crippen LogP contribution >= 0.6 is 19.2 Å². The van der Waals surface area contributed by atoms with Gasteiger partial charge in [0, 0.05) is 10.6 Å². The van der Waals surface area contributed by atoms with Crippen molar-refractivity contribution in [2.24, 2.45) is 0 Å². The van der Waals surface area contributed by atoms with E-state index < -0.39 is 15.7 Å². The molecule has 0 unspecified atom stereocenters. The maximum absolute atomic E-state index is 13.0. The zero-order chi connectivity index (χ0) is 16.1. The summed E-state index contributed by atoms with van der Waals surface area (Å²) in [4.78, 5) is 0. The molecule has 0 radical (unpaired) electrons. The predicted molar refractivity (Wildman–Crippen MR) is 92.2 cm³/mol. The normalized spacial score (nSPS) is 11.9. The van der Waals surface area contributed by atoms with Gasteiger partial charge < -0.3 is 9.05 Å². The Balaban J connectivity index is 3.41. The van der Waals surface area contributed by atoms with E-state index in [1.165, 1.54) is 0 Å². The molecule has 3 nitrogen and oxygen atoms in total. The maximum Gasteiger partial charge on any atom is 0.362 e. The van der Waals surface area contributed by atoms with E-state index in [0.29, 0.717) is 29.1 Å². The Bertz CT molecular complexity index is 589. The van der Waals surface area contributed by atoms with Gasteiger partial charge in [0.15, 0.2) is 0 Å². The molecule has 0 fully saturated rings. The first-order valence-electron chi connectivity index (χ1n) is 6.94. The minimum Gasteiger partial charge on any atom is -0.305 e. The van der Waals surface area contributed by atoms with Gasteiger partial charge in [-0.15, -0.1) is 5.54 Å². The molecule has 0 saturated heterocycles. The zero-order valence-electron chi connectivity index (χ0n) is 13.2. The molecule has 1 aromatic carbocycles. The minimum absolute atomic E-state index is 0.296. The number of hydrogen-bond donors (Lipinski definition) is 0. The minimum atomic E-state index is -3.39. The highest BCUT2D eigenvalue weighted by molar-refractivity contribution is 7.62. The molecule has 0 atom stereocenters. The monoisotopic (exact) mass is 344 g/mol. The average molecular weight is 345 g/mol. The second-order valence-corrected chi connectivity index (χ2v) is 12.7. The molecule has 116 valence electrons. The molecule has 0 aliphatic rings. The molecule has 1 rings (SSSR count). The Morgan fingerprint density at radius 2 is 1.76 bits per heavy atom. The van der Waals surface area contributed by atoms with Crippen molar-refractivity contribution in [2.45, 2.75) is 33.5 Å². The van der Waals surface area contributed by atoms with Crippen molar-refractivity contribution in [3.8, 4) is 11.5 Å². The van der Waals surface area contributed by atoms with Gasteiger partial charge in [0.05, 0.1) is 18.5 Å². The lowest BCUT2D eigenvalue weighted by atomic mass is 10.2. The summed E-state index contributed by atoms with van der Waals surface area (Å²) in [6, 6.07) is 5.14. The zero-order valence-corrected chi connectivity index (χ0v) is 15.8. The topological polar surface area (TPSA) is 35.5 Å². The van der Waals surface area contributed by atoms with Crippen molar-refractivity contribution in [3.05, 3.63) is 28.8 Å². The summed E-state index contributed by atoms with van der Waals surface area (Å²) in [6.07, 6.45) is 0. The summed E-state index contributed by atoms with van der Waals surface area (Å²) in [7, 11) is -4.93. The van der Waals surface area contributed by atoms with Crippen LogP contribution in [0.2, 0.25) is 24.7 Å². The highest BCUT2D eigenvalue weighted by atomic mass is 35.5. The van der Waals surface area contributed by atoms with Crippen LogP contribution in [0.15, 0.2) is 18.2 Å². The number of rotatable bonds is 5. The van der Waals surface area contributed by atoms with E-state index in [-0.39, 0.29) is 0 Å². The number of benzene rings is 1. The smallest absolute Gasteiger partial charge is 0.305 e. The fourth-order valence-corrected chi connectivity index (χ4v) is 4.12. The first-order valence-corrected chi connectivity index (χ1v) is 12.4. The van der Waals surface area contributed by atoms with Gasteiger partial charge in [0.25, 0.3) is 0 Å². The molecule has 0 amide bonds. The van der Waals surface area contributed by atoms with Gasteiger partial charge in [-0.2, -0.15) is 0 Å². The molecule has 0 saturated carbocycles. The lowest BCUT2D eigenvalue weighted by Gasteiger charge is -2.18. The van der Waals surface area contributed by atoms with E-state index in [1.54, 1.807) is 32.0 Å². The van der Waals surface area contributed by atoms with E-state index in [2.05, 4.69) is 31.1 Å². The van der Waals surface area contributed by atoms with Crippen LogP contribution in [0.1, 0.15) is 19.4 Å². The van der Waals surface area contributed by atoms with Crippen LogP contribution in [0.3, 0.4) is 0 Å². The summed E-state index contributed by atoms with van der Waals surface area (Å²) >= 11 is 6.04. The lowest BCUT2D eigenvalue weighted by Crippen LogP contribution is -2.18. The Kier molecular flexibility index (Phi) is 6.71. The summed E-state index contributed by atoms with van der Waals surface area (Å²) < 4.78 is 23.8. The maximum atomic E-state index is 13.0. The van der Waals surface area contributed by atoms with Crippen molar-refractivity contribution in [1.29, 1.82) is 0 Å². The Labute approximate surface area is 133 Å². The first-order chi connectivity index (χ1) is 9.72. The van der Waals surface area contributed by atoms with Crippen LogP contribution in [-0.4, -0.2) is 21.3 Å². The van der Waals surface area contributed by atoms with Crippen molar-refractivity contribution < 1.29 is 13.6 Å². The molecule has 0 spiro atoms. The fourth-order valence-electron chi connectivity index (χ4n) is 1.61. The summed E-state index contributed by atoms with van der Waals surface area (Å²) in [5.41, 5.74) is 3.93. The summed E-state index contributed by atoms with van der Waals surface area (Å²) in [5.74, 6) is 3.12. The summed E-state index contributed by atoms with van der Waals surface area (Å²) in [5, 5.41) is 0.938.